The molecule has 0 atom stereocenters. The van der Waals surface area contributed by atoms with Crippen LogP contribution in [0.1, 0.15) is 10.4 Å². The van der Waals surface area contributed by atoms with Gasteiger partial charge in [-0.1, -0.05) is 12.1 Å². The SMILES string of the molecule is COc1ccc(NC(=O)c2cccc3cc(Oc4ncnc5[nH]ccc45)ccc23)cc1. The molecule has 7 nitrogen and oxygen atoms in total. The number of amides is 1. The maximum absolute atomic E-state index is 12.9. The molecule has 0 radical (unpaired) electrons. The van der Waals surface area contributed by atoms with Crippen LogP contribution in [0, 0.1) is 0 Å². The lowest BCUT2D eigenvalue weighted by molar-refractivity contribution is 0.102. The second-order valence-electron chi connectivity index (χ2n) is 6.89. The van der Waals surface area contributed by atoms with Gasteiger partial charge in [-0.2, -0.15) is 0 Å². The van der Waals surface area contributed by atoms with Crippen LogP contribution in [0.3, 0.4) is 0 Å². The smallest absolute Gasteiger partial charge is 0.256 e. The number of methoxy groups -OCH3 is 1. The van der Waals surface area contributed by atoms with Gasteiger partial charge in [0.15, 0.2) is 0 Å². The Hall–Kier alpha value is -4.39. The van der Waals surface area contributed by atoms with E-state index >= 15 is 0 Å². The molecule has 0 fully saturated rings. The maximum Gasteiger partial charge on any atom is 0.256 e. The van der Waals surface area contributed by atoms with Crippen LogP contribution >= 0.6 is 0 Å². The number of carbonyl (C=O) groups is 1. The number of anilines is 1. The second kappa shape index (κ2) is 7.79. The average molecular weight is 410 g/mol. The molecule has 152 valence electrons. The average Bonchev–Trinajstić information content (AvgIpc) is 3.29. The number of fused-ring (bicyclic) bond motifs is 2. The number of nitrogens with one attached hydrogen (secondary N) is 2. The fourth-order valence-corrected chi connectivity index (χ4v) is 3.44. The first-order valence-electron chi connectivity index (χ1n) is 9.65. The molecule has 2 N–H and O–H groups in total. The molecule has 0 saturated carbocycles. The van der Waals surface area contributed by atoms with Crippen molar-refractivity contribution in [2.24, 2.45) is 0 Å². The summed E-state index contributed by atoms with van der Waals surface area (Å²) in [6, 6.07) is 20.3. The first kappa shape index (κ1) is 18.6. The Morgan fingerprint density at radius 3 is 2.61 bits per heavy atom. The van der Waals surface area contributed by atoms with Crippen molar-refractivity contribution in [2.45, 2.75) is 0 Å². The molecule has 0 unspecified atom stereocenters. The third-order valence-corrected chi connectivity index (χ3v) is 4.98. The summed E-state index contributed by atoms with van der Waals surface area (Å²) in [6.07, 6.45) is 3.25. The number of nitrogens with zero attached hydrogens (tertiary/aromatic N) is 2. The number of H-pyrrole nitrogens is 1. The van der Waals surface area contributed by atoms with Crippen molar-refractivity contribution < 1.29 is 14.3 Å². The highest BCUT2D eigenvalue weighted by Crippen LogP contribution is 2.30. The molecule has 0 spiro atoms. The quantitative estimate of drug-likeness (QED) is 0.418. The Labute approximate surface area is 177 Å². The van der Waals surface area contributed by atoms with E-state index in [1.807, 2.05) is 36.4 Å². The standard InChI is InChI=1S/C24H18N4O3/c1-30-17-7-5-16(6-8-17)28-23(29)20-4-2-3-15-13-18(9-10-19(15)20)31-24-21-11-12-25-22(21)26-14-27-24/h2-14H,1H3,(H,28,29)(H,25,26,27). The first-order valence-corrected chi connectivity index (χ1v) is 9.65. The van der Waals surface area contributed by atoms with E-state index in [4.69, 9.17) is 9.47 Å². The zero-order chi connectivity index (χ0) is 21.2. The van der Waals surface area contributed by atoms with Gasteiger partial charge in [0.2, 0.25) is 5.88 Å². The number of aromatic amines is 1. The van der Waals surface area contributed by atoms with Gasteiger partial charge in [-0.3, -0.25) is 4.79 Å². The van der Waals surface area contributed by atoms with Crippen molar-refractivity contribution in [3.63, 3.8) is 0 Å². The Morgan fingerprint density at radius 2 is 1.77 bits per heavy atom. The van der Waals surface area contributed by atoms with Crippen molar-refractivity contribution in [2.75, 3.05) is 12.4 Å². The Bertz CT molecular complexity index is 1390. The van der Waals surface area contributed by atoms with E-state index < -0.39 is 0 Å². The minimum Gasteiger partial charge on any atom is -0.497 e. The Morgan fingerprint density at radius 1 is 0.935 bits per heavy atom. The minimum atomic E-state index is -0.186. The molecule has 0 saturated heterocycles. The van der Waals surface area contributed by atoms with Crippen LogP contribution in [0.4, 0.5) is 5.69 Å². The van der Waals surface area contributed by atoms with Crippen molar-refractivity contribution in [1.29, 1.82) is 0 Å². The molecule has 7 heteroatoms. The molecule has 2 aromatic heterocycles. The number of carbonyl (C=O) groups excluding carboxylic acids is 1. The predicted molar refractivity (Wildman–Crippen MR) is 119 cm³/mol. The van der Waals surface area contributed by atoms with E-state index in [2.05, 4.69) is 20.3 Å². The number of hydrogen-bond donors (Lipinski definition) is 2. The zero-order valence-electron chi connectivity index (χ0n) is 16.6. The zero-order valence-corrected chi connectivity index (χ0v) is 16.6. The molecule has 1 amide bonds. The number of ether oxygens (including phenoxy) is 2. The lowest BCUT2D eigenvalue weighted by Gasteiger charge is -2.10. The molecule has 3 aromatic carbocycles. The molecule has 5 rings (SSSR count). The van der Waals surface area contributed by atoms with Gasteiger partial charge < -0.3 is 19.8 Å². The fourth-order valence-electron chi connectivity index (χ4n) is 3.44. The van der Waals surface area contributed by atoms with Crippen LogP contribution in [0.15, 0.2) is 79.3 Å². The third kappa shape index (κ3) is 3.64. The van der Waals surface area contributed by atoms with E-state index in [1.54, 1.807) is 43.6 Å². The summed E-state index contributed by atoms with van der Waals surface area (Å²) in [5.41, 5.74) is 1.99. The van der Waals surface area contributed by atoms with Gasteiger partial charge in [0, 0.05) is 17.4 Å². The molecule has 0 aliphatic rings. The van der Waals surface area contributed by atoms with Crippen molar-refractivity contribution in [3.8, 4) is 17.4 Å². The van der Waals surface area contributed by atoms with E-state index in [0.717, 1.165) is 21.9 Å². The van der Waals surface area contributed by atoms with Gasteiger partial charge in [-0.15, -0.1) is 0 Å². The maximum atomic E-state index is 12.9. The van der Waals surface area contributed by atoms with E-state index in [0.29, 0.717) is 28.5 Å². The molecule has 2 heterocycles. The normalized spacial score (nSPS) is 10.9. The van der Waals surface area contributed by atoms with Crippen LogP contribution in [0.25, 0.3) is 21.8 Å². The highest BCUT2D eigenvalue weighted by Gasteiger charge is 2.12. The largest absolute Gasteiger partial charge is 0.497 e. The fraction of sp³-hybridized carbons (Fsp3) is 0.0417. The molecular weight excluding hydrogens is 392 g/mol. The molecular formula is C24H18N4O3. The number of benzene rings is 3. The summed E-state index contributed by atoms with van der Waals surface area (Å²) in [5.74, 6) is 1.64. The lowest BCUT2D eigenvalue weighted by atomic mass is 10.0. The summed E-state index contributed by atoms with van der Waals surface area (Å²) < 4.78 is 11.1. The van der Waals surface area contributed by atoms with Crippen molar-refractivity contribution in [1.82, 2.24) is 15.0 Å². The number of hydrogen-bond acceptors (Lipinski definition) is 5. The Kier molecular flexibility index (Phi) is 4.68. The molecule has 0 aliphatic heterocycles. The summed E-state index contributed by atoms with van der Waals surface area (Å²) in [4.78, 5) is 24.3. The Balaban J connectivity index is 1.43. The van der Waals surface area contributed by atoms with Gasteiger partial charge in [0.1, 0.15) is 23.5 Å². The molecule has 31 heavy (non-hydrogen) atoms. The topological polar surface area (TPSA) is 89.1 Å². The summed E-state index contributed by atoms with van der Waals surface area (Å²) in [5, 5.41) is 5.45. The highest BCUT2D eigenvalue weighted by molar-refractivity contribution is 6.13. The lowest BCUT2D eigenvalue weighted by Crippen LogP contribution is -2.12. The minimum absolute atomic E-state index is 0.186. The number of aromatic nitrogens is 3. The van der Waals surface area contributed by atoms with Crippen LogP contribution in [-0.2, 0) is 0 Å². The summed E-state index contributed by atoms with van der Waals surface area (Å²) >= 11 is 0. The van der Waals surface area contributed by atoms with Gasteiger partial charge in [-0.05, 0) is 65.4 Å². The van der Waals surface area contributed by atoms with Crippen molar-refractivity contribution >= 4 is 33.4 Å². The first-order chi connectivity index (χ1) is 15.2. The van der Waals surface area contributed by atoms with Crippen LogP contribution in [0.2, 0.25) is 0 Å². The summed E-state index contributed by atoms with van der Waals surface area (Å²) in [6.45, 7) is 0. The monoisotopic (exact) mass is 410 g/mol. The van der Waals surface area contributed by atoms with Gasteiger partial charge in [-0.25, -0.2) is 9.97 Å². The molecule has 0 aliphatic carbocycles. The number of rotatable bonds is 5. The van der Waals surface area contributed by atoms with Crippen LogP contribution in [-0.4, -0.2) is 28.0 Å². The van der Waals surface area contributed by atoms with Gasteiger partial charge >= 0.3 is 0 Å². The third-order valence-electron chi connectivity index (χ3n) is 4.98. The van der Waals surface area contributed by atoms with E-state index in [1.165, 1.54) is 6.33 Å². The second-order valence-corrected chi connectivity index (χ2v) is 6.89. The molecule has 0 bridgehead atoms. The molecule has 5 aromatic rings. The van der Waals surface area contributed by atoms with Crippen LogP contribution in [0.5, 0.6) is 17.4 Å². The van der Waals surface area contributed by atoms with Gasteiger partial charge in [0.25, 0.3) is 5.91 Å². The van der Waals surface area contributed by atoms with Crippen molar-refractivity contribution in [3.05, 3.63) is 84.8 Å². The van der Waals surface area contributed by atoms with E-state index in [-0.39, 0.29) is 5.91 Å². The van der Waals surface area contributed by atoms with Crippen LogP contribution < -0.4 is 14.8 Å². The van der Waals surface area contributed by atoms with E-state index in [9.17, 15) is 4.79 Å². The van der Waals surface area contributed by atoms with Gasteiger partial charge in [0.05, 0.1) is 12.5 Å². The highest BCUT2D eigenvalue weighted by atomic mass is 16.5. The predicted octanol–water partition coefficient (Wildman–Crippen LogP) is 5.16. The summed E-state index contributed by atoms with van der Waals surface area (Å²) in [7, 11) is 1.60.